The third kappa shape index (κ3) is 9.23. The van der Waals surface area contributed by atoms with Crippen molar-refractivity contribution in [1.29, 1.82) is 0 Å². The lowest BCUT2D eigenvalue weighted by molar-refractivity contribution is -0.0587. The lowest BCUT2D eigenvalue weighted by Crippen LogP contribution is -2.40. The van der Waals surface area contributed by atoms with Gasteiger partial charge in [0.15, 0.2) is 18.3 Å². The molecule has 2 heterocycles. The normalized spacial score (nSPS) is 17.7. The molecule has 41 heavy (non-hydrogen) atoms. The lowest BCUT2D eigenvalue weighted by atomic mass is 9.92. The van der Waals surface area contributed by atoms with Gasteiger partial charge in [-0.2, -0.15) is 0 Å². The van der Waals surface area contributed by atoms with Crippen LogP contribution in [0.2, 0.25) is 0 Å². The first-order valence-corrected chi connectivity index (χ1v) is 14.3. The summed E-state index contributed by atoms with van der Waals surface area (Å²) in [6.45, 7) is 14.4. The van der Waals surface area contributed by atoms with E-state index in [1.54, 1.807) is 31.5 Å². The topological polar surface area (TPSA) is 94.2 Å². The number of piperidine rings is 1. The molecule has 1 aliphatic rings. The second-order valence-electron chi connectivity index (χ2n) is 12.2. The van der Waals surface area contributed by atoms with Crippen LogP contribution in [-0.2, 0) is 4.74 Å². The van der Waals surface area contributed by atoms with Crippen molar-refractivity contribution in [3.63, 3.8) is 0 Å². The van der Waals surface area contributed by atoms with Crippen molar-refractivity contribution in [2.45, 2.75) is 47.5 Å². The molecule has 1 saturated heterocycles. The minimum atomic E-state index is -0.228. The second kappa shape index (κ2) is 13.9. The summed E-state index contributed by atoms with van der Waals surface area (Å²) >= 11 is 0. The predicted octanol–water partition coefficient (Wildman–Crippen LogP) is 6.88. The Morgan fingerprint density at radius 3 is 2.44 bits per heavy atom. The van der Waals surface area contributed by atoms with Gasteiger partial charge in [-0.1, -0.05) is 34.6 Å². The largest absolute Gasteiger partial charge is 0.493 e. The minimum Gasteiger partial charge on any atom is -0.493 e. The van der Waals surface area contributed by atoms with Gasteiger partial charge in [0.05, 0.1) is 12.6 Å². The summed E-state index contributed by atoms with van der Waals surface area (Å²) in [4.78, 5) is 19.0. The molecular weight excluding hydrogens is 520 g/mol. The highest BCUT2D eigenvalue weighted by Crippen LogP contribution is 2.37. The molecule has 9 nitrogen and oxygen atoms in total. The Morgan fingerprint density at radius 2 is 1.76 bits per heavy atom. The zero-order valence-electron chi connectivity index (χ0n) is 25.2. The smallest absolute Gasteiger partial charge is 0.319 e. The van der Waals surface area contributed by atoms with Gasteiger partial charge < -0.3 is 29.6 Å². The molecule has 0 spiro atoms. The van der Waals surface area contributed by atoms with Crippen LogP contribution in [0.3, 0.4) is 0 Å². The Balaban J connectivity index is 1.35. The third-order valence-corrected chi connectivity index (χ3v) is 7.00. The number of pyridine rings is 1. The number of ether oxygens (including phenoxy) is 4. The highest BCUT2D eigenvalue weighted by Gasteiger charge is 2.21. The van der Waals surface area contributed by atoms with Crippen LogP contribution in [0.5, 0.6) is 23.0 Å². The summed E-state index contributed by atoms with van der Waals surface area (Å²) < 4.78 is 23.6. The number of hydrogen-bond acceptors (Lipinski definition) is 7. The van der Waals surface area contributed by atoms with Gasteiger partial charge >= 0.3 is 6.03 Å². The number of carbonyl (C=O) groups excluding carboxylic acids is 1. The summed E-state index contributed by atoms with van der Waals surface area (Å²) in [5, 5.41) is 6.53. The number of fused-ring (bicyclic) bond motifs is 1. The molecule has 2 aromatic carbocycles. The first-order chi connectivity index (χ1) is 19.6. The molecule has 3 aromatic rings. The molecule has 1 aromatic heterocycles. The number of amides is 2. The minimum absolute atomic E-state index is 0.117. The monoisotopic (exact) mass is 564 g/mol. The summed E-state index contributed by atoms with van der Waals surface area (Å²) in [5.41, 5.74) is 1.56. The van der Waals surface area contributed by atoms with E-state index in [1.165, 1.54) is 6.42 Å². The fourth-order valence-electron chi connectivity index (χ4n) is 5.12. The summed E-state index contributed by atoms with van der Waals surface area (Å²) in [7, 11) is 1.60. The van der Waals surface area contributed by atoms with E-state index in [4.69, 9.17) is 18.9 Å². The van der Waals surface area contributed by atoms with Crippen LogP contribution in [0.1, 0.15) is 47.5 Å². The average molecular weight is 565 g/mol. The number of nitrogens with zero attached hydrogens (tertiary/aromatic N) is 2. The number of carbonyl (C=O) groups is 1. The van der Waals surface area contributed by atoms with Crippen LogP contribution in [-0.4, -0.2) is 56.2 Å². The second-order valence-corrected chi connectivity index (χ2v) is 12.2. The van der Waals surface area contributed by atoms with E-state index < -0.39 is 0 Å². The number of nitrogens with one attached hydrogen (secondary N) is 2. The number of rotatable bonds is 11. The maximum Gasteiger partial charge on any atom is 0.319 e. The van der Waals surface area contributed by atoms with Crippen molar-refractivity contribution < 1.29 is 23.7 Å². The Kier molecular flexibility index (Phi) is 10.3. The molecular formula is C32H44N4O5. The van der Waals surface area contributed by atoms with Gasteiger partial charge in [-0.05, 0) is 66.5 Å². The van der Waals surface area contributed by atoms with Gasteiger partial charge in [0, 0.05) is 43.0 Å². The van der Waals surface area contributed by atoms with E-state index in [0.29, 0.717) is 59.3 Å². The summed E-state index contributed by atoms with van der Waals surface area (Å²) in [5.74, 6) is 3.74. The standard InChI is InChI=1S/C32H44N4O5/c1-22-15-23(2)19-36(18-22)20-39-21-40-30-17-27-26(16-29(30)38-6)28(11-13-33-27)41-25-9-7-24(8-10-25)35-31(37)34-14-12-32(3,4)5/h7-11,13,16-17,22-23H,12,14-15,18-21H2,1-6H3,(H2,34,35,37). The van der Waals surface area contributed by atoms with Crippen LogP contribution in [0.4, 0.5) is 10.5 Å². The lowest BCUT2D eigenvalue weighted by Gasteiger charge is -2.34. The van der Waals surface area contributed by atoms with Crippen molar-refractivity contribution in [1.82, 2.24) is 15.2 Å². The van der Waals surface area contributed by atoms with Crippen molar-refractivity contribution in [3.8, 4) is 23.0 Å². The van der Waals surface area contributed by atoms with Crippen molar-refractivity contribution >= 4 is 22.6 Å². The number of methoxy groups -OCH3 is 1. The van der Waals surface area contributed by atoms with E-state index in [1.807, 2.05) is 24.3 Å². The van der Waals surface area contributed by atoms with Gasteiger partial charge in [0.1, 0.15) is 18.2 Å². The maximum atomic E-state index is 12.2. The molecule has 0 aliphatic carbocycles. The SMILES string of the molecule is COc1cc2c(Oc3ccc(NC(=O)NCCC(C)(C)C)cc3)ccnc2cc1OCOCN1CC(C)CC(C)C1. The molecule has 1 fully saturated rings. The Bertz CT molecular complexity index is 1280. The number of likely N-dealkylation sites (tertiary alicyclic amines) is 1. The number of benzene rings is 2. The number of urea groups is 1. The summed E-state index contributed by atoms with van der Waals surface area (Å²) in [6.07, 6.45) is 3.86. The van der Waals surface area contributed by atoms with Gasteiger partial charge in [0.25, 0.3) is 0 Å². The van der Waals surface area contributed by atoms with Crippen LogP contribution in [0.15, 0.2) is 48.7 Å². The zero-order valence-corrected chi connectivity index (χ0v) is 25.2. The Labute approximate surface area is 243 Å². The van der Waals surface area contributed by atoms with Crippen molar-refractivity contribution in [2.75, 3.05) is 45.6 Å². The predicted molar refractivity (Wildman–Crippen MR) is 162 cm³/mol. The number of anilines is 1. The molecule has 222 valence electrons. The third-order valence-electron chi connectivity index (χ3n) is 7.00. The highest BCUT2D eigenvalue weighted by atomic mass is 16.7. The maximum absolute atomic E-state index is 12.2. The first kappa shape index (κ1) is 30.4. The molecule has 0 bridgehead atoms. The molecule has 0 saturated carbocycles. The van der Waals surface area contributed by atoms with E-state index in [9.17, 15) is 4.79 Å². The fraction of sp³-hybridized carbons (Fsp3) is 0.500. The Morgan fingerprint density at radius 1 is 1.02 bits per heavy atom. The molecule has 2 N–H and O–H groups in total. The molecule has 2 unspecified atom stereocenters. The first-order valence-electron chi connectivity index (χ1n) is 14.3. The van der Waals surface area contributed by atoms with Gasteiger partial charge in [0.2, 0.25) is 0 Å². The van der Waals surface area contributed by atoms with Crippen LogP contribution in [0, 0.1) is 17.3 Å². The van der Waals surface area contributed by atoms with Crippen LogP contribution in [0.25, 0.3) is 10.9 Å². The van der Waals surface area contributed by atoms with E-state index in [0.717, 1.165) is 24.9 Å². The highest BCUT2D eigenvalue weighted by molar-refractivity contribution is 5.89. The molecule has 9 heteroatoms. The van der Waals surface area contributed by atoms with E-state index in [2.05, 4.69) is 55.1 Å². The fourth-order valence-corrected chi connectivity index (χ4v) is 5.12. The van der Waals surface area contributed by atoms with Crippen LogP contribution < -0.4 is 24.8 Å². The van der Waals surface area contributed by atoms with Crippen molar-refractivity contribution in [3.05, 3.63) is 48.7 Å². The van der Waals surface area contributed by atoms with Crippen LogP contribution >= 0.6 is 0 Å². The average Bonchev–Trinajstić information content (AvgIpc) is 2.90. The number of hydrogen-bond donors (Lipinski definition) is 2. The molecule has 0 radical (unpaired) electrons. The van der Waals surface area contributed by atoms with E-state index >= 15 is 0 Å². The molecule has 2 atom stereocenters. The van der Waals surface area contributed by atoms with Gasteiger partial charge in [-0.3, -0.25) is 9.88 Å². The van der Waals surface area contributed by atoms with Crippen molar-refractivity contribution in [2.24, 2.45) is 17.3 Å². The summed E-state index contributed by atoms with van der Waals surface area (Å²) in [6, 6.07) is 12.5. The van der Waals surface area contributed by atoms with Gasteiger partial charge in [-0.25, -0.2) is 4.79 Å². The molecule has 1 aliphatic heterocycles. The molecule has 4 rings (SSSR count). The molecule has 2 amide bonds. The van der Waals surface area contributed by atoms with Gasteiger partial charge in [-0.15, -0.1) is 0 Å². The van der Waals surface area contributed by atoms with E-state index in [-0.39, 0.29) is 18.2 Å². The zero-order chi connectivity index (χ0) is 29.4. The Hall–Kier alpha value is -3.56. The quantitative estimate of drug-likeness (QED) is 0.194. The number of aromatic nitrogens is 1.